The van der Waals surface area contributed by atoms with Gasteiger partial charge in [-0.05, 0) is 27.8 Å². The number of nitrogens with zero attached hydrogens (tertiary/aromatic N) is 4. The van der Waals surface area contributed by atoms with E-state index in [0.717, 1.165) is 31.0 Å². The van der Waals surface area contributed by atoms with Gasteiger partial charge in [0.25, 0.3) is 0 Å². The third-order valence-corrected chi connectivity index (χ3v) is 3.99. The Morgan fingerprint density at radius 1 is 1.29 bits per heavy atom. The summed E-state index contributed by atoms with van der Waals surface area (Å²) >= 11 is 6.04. The molecule has 0 spiro atoms. The van der Waals surface area contributed by atoms with Crippen LogP contribution in [0.2, 0.25) is 5.15 Å². The highest BCUT2D eigenvalue weighted by atomic mass is 35.5. The zero-order valence-electron chi connectivity index (χ0n) is 10.9. The lowest BCUT2D eigenvalue weighted by Crippen LogP contribution is -2.58. The minimum atomic E-state index is 0.155. The van der Waals surface area contributed by atoms with E-state index in [2.05, 4.69) is 40.7 Å². The van der Waals surface area contributed by atoms with Gasteiger partial charge < -0.3 is 4.90 Å². The van der Waals surface area contributed by atoms with Crippen molar-refractivity contribution < 1.29 is 0 Å². The van der Waals surface area contributed by atoms with E-state index < -0.39 is 0 Å². The van der Waals surface area contributed by atoms with Crippen LogP contribution in [0, 0.1) is 6.92 Å². The minimum absolute atomic E-state index is 0.155. The summed E-state index contributed by atoms with van der Waals surface area (Å²) in [4.78, 5) is 13.0. The van der Waals surface area contributed by atoms with E-state index in [0.29, 0.717) is 5.15 Å². The predicted molar refractivity (Wildman–Crippen MR) is 70.7 cm³/mol. The van der Waals surface area contributed by atoms with Gasteiger partial charge in [-0.3, -0.25) is 4.90 Å². The molecule has 0 aliphatic carbocycles. The molecule has 1 aliphatic heterocycles. The summed E-state index contributed by atoms with van der Waals surface area (Å²) in [6.45, 7) is 9.44. The van der Waals surface area contributed by atoms with Gasteiger partial charge in [-0.15, -0.1) is 0 Å². The van der Waals surface area contributed by atoms with Gasteiger partial charge in [0, 0.05) is 30.7 Å². The summed E-state index contributed by atoms with van der Waals surface area (Å²) in [5.74, 6) is 0.964. The first-order chi connectivity index (χ1) is 7.92. The summed E-state index contributed by atoms with van der Waals surface area (Å²) in [5.41, 5.74) is 1.12. The van der Waals surface area contributed by atoms with Crippen LogP contribution >= 0.6 is 11.6 Å². The molecule has 0 atom stereocenters. The Labute approximate surface area is 108 Å². The zero-order chi connectivity index (χ0) is 12.6. The monoisotopic (exact) mass is 254 g/mol. The maximum absolute atomic E-state index is 6.04. The molecule has 1 fully saturated rings. The molecule has 1 aromatic heterocycles. The van der Waals surface area contributed by atoms with Crippen molar-refractivity contribution >= 4 is 17.4 Å². The highest BCUT2D eigenvalue weighted by Crippen LogP contribution is 2.27. The molecule has 0 aromatic carbocycles. The predicted octanol–water partition coefficient (Wildman–Crippen LogP) is 1.97. The highest BCUT2D eigenvalue weighted by molar-refractivity contribution is 6.30. The number of piperazine rings is 1. The molecule has 2 heterocycles. The molecule has 1 aliphatic rings. The maximum atomic E-state index is 6.04. The molecule has 5 heteroatoms. The third-order valence-electron chi connectivity index (χ3n) is 3.61. The normalized spacial score (nSPS) is 20.6. The summed E-state index contributed by atoms with van der Waals surface area (Å²) in [5, 5.41) is 0.548. The Balaban J connectivity index is 2.27. The van der Waals surface area contributed by atoms with E-state index in [-0.39, 0.29) is 5.54 Å². The standard InChI is InChI=1S/C12H19ClN4/c1-9-10(13)14-8-15-11(9)17-6-5-16(4)12(2,3)7-17/h8H,5-7H2,1-4H3. The molecule has 1 aromatic rings. The Hall–Kier alpha value is -0.870. The quantitative estimate of drug-likeness (QED) is 0.718. The van der Waals surface area contributed by atoms with Gasteiger partial charge >= 0.3 is 0 Å². The lowest BCUT2D eigenvalue weighted by molar-refractivity contribution is 0.138. The van der Waals surface area contributed by atoms with E-state index >= 15 is 0 Å². The summed E-state index contributed by atoms with van der Waals surface area (Å²) in [6.07, 6.45) is 1.54. The largest absolute Gasteiger partial charge is 0.353 e. The van der Waals surface area contributed by atoms with E-state index in [4.69, 9.17) is 11.6 Å². The van der Waals surface area contributed by atoms with Gasteiger partial charge in [0.05, 0.1) is 0 Å². The smallest absolute Gasteiger partial charge is 0.137 e. The second-order valence-corrected chi connectivity index (χ2v) is 5.63. The van der Waals surface area contributed by atoms with E-state index in [1.807, 2.05) is 6.92 Å². The fourth-order valence-corrected chi connectivity index (χ4v) is 2.29. The topological polar surface area (TPSA) is 32.3 Å². The van der Waals surface area contributed by atoms with Crippen LogP contribution in [-0.4, -0.2) is 47.1 Å². The summed E-state index contributed by atoms with van der Waals surface area (Å²) in [7, 11) is 2.16. The van der Waals surface area contributed by atoms with Crippen LogP contribution in [-0.2, 0) is 0 Å². The molecular formula is C12H19ClN4. The van der Waals surface area contributed by atoms with Crippen LogP contribution in [0.25, 0.3) is 0 Å². The minimum Gasteiger partial charge on any atom is -0.353 e. The van der Waals surface area contributed by atoms with Crippen LogP contribution in [0.1, 0.15) is 19.4 Å². The Bertz CT molecular complexity index is 419. The molecule has 94 valence electrons. The van der Waals surface area contributed by atoms with Crippen molar-refractivity contribution in [2.75, 3.05) is 31.6 Å². The number of hydrogen-bond donors (Lipinski definition) is 0. The first-order valence-corrected chi connectivity index (χ1v) is 6.23. The van der Waals surface area contributed by atoms with Crippen LogP contribution in [0.15, 0.2) is 6.33 Å². The summed E-state index contributed by atoms with van der Waals surface area (Å²) in [6, 6.07) is 0. The lowest BCUT2D eigenvalue weighted by Gasteiger charge is -2.46. The van der Waals surface area contributed by atoms with Crippen LogP contribution in [0.4, 0.5) is 5.82 Å². The van der Waals surface area contributed by atoms with Gasteiger partial charge in [-0.2, -0.15) is 0 Å². The van der Waals surface area contributed by atoms with Gasteiger partial charge in [0.1, 0.15) is 17.3 Å². The Morgan fingerprint density at radius 2 is 2.00 bits per heavy atom. The molecule has 17 heavy (non-hydrogen) atoms. The maximum Gasteiger partial charge on any atom is 0.137 e. The average molecular weight is 255 g/mol. The number of hydrogen-bond acceptors (Lipinski definition) is 4. The van der Waals surface area contributed by atoms with Gasteiger partial charge in [0.15, 0.2) is 0 Å². The van der Waals surface area contributed by atoms with Crippen LogP contribution in [0.5, 0.6) is 0 Å². The van der Waals surface area contributed by atoms with E-state index in [9.17, 15) is 0 Å². The number of halogens is 1. The SMILES string of the molecule is Cc1c(Cl)ncnc1N1CCN(C)C(C)(C)C1. The van der Waals surface area contributed by atoms with Crippen molar-refractivity contribution in [3.8, 4) is 0 Å². The fraction of sp³-hybridized carbons (Fsp3) is 0.667. The van der Waals surface area contributed by atoms with Crippen molar-refractivity contribution in [1.29, 1.82) is 0 Å². The van der Waals surface area contributed by atoms with E-state index in [1.165, 1.54) is 6.33 Å². The van der Waals surface area contributed by atoms with Crippen molar-refractivity contribution in [2.24, 2.45) is 0 Å². The average Bonchev–Trinajstić information content (AvgIpc) is 2.26. The Morgan fingerprint density at radius 3 is 2.65 bits per heavy atom. The van der Waals surface area contributed by atoms with Crippen molar-refractivity contribution in [3.05, 3.63) is 17.0 Å². The molecule has 2 rings (SSSR count). The number of anilines is 1. The lowest BCUT2D eigenvalue weighted by atomic mass is 9.99. The molecule has 0 N–H and O–H groups in total. The summed E-state index contributed by atoms with van der Waals surface area (Å²) < 4.78 is 0. The Kier molecular flexibility index (Phi) is 3.27. The molecule has 0 bridgehead atoms. The van der Waals surface area contributed by atoms with Gasteiger partial charge in [0.2, 0.25) is 0 Å². The molecule has 0 saturated carbocycles. The molecule has 0 amide bonds. The number of aromatic nitrogens is 2. The molecule has 1 saturated heterocycles. The number of rotatable bonds is 1. The number of likely N-dealkylation sites (N-methyl/N-ethyl adjacent to an activating group) is 1. The fourth-order valence-electron chi connectivity index (χ4n) is 2.16. The first-order valence-electron chi connectivity index (χ1n) is 5.85. The van der Waals surface area contributed by atoms with Crippen molar-refractivity contribution in [2.45, 2.75) is 26.3 Å². The highest BCUT2D eigenvalue weighted by Gasteiger charge is 2.32. The van der Waals surface area contributed by atoms with Gasteiger partial charge in [-0.25, -0.2) is 9.97 Å². The third kappa shape index (κ3) is 2.38. The second kappa shape index (κ2) is 4.42. The molecule has 4 nitrogen and oxygen atoms in total. The van der Waals surface area contributed by atoms with Crippen molar-refractivity contribution in [3.63, 3.8) is 0 Å². The van der Waals surface area contributed by atoms with Gasteiger partial charge in [-0.1, -0.05) is 11.6 Å². The zero-order valence-corrected chi connectivity index (χ0v) is 11.6. The van der Waals surface area contributed by atoms with Crippen LogP contribution < -0.4 is 4.90 Å². The molecular weight excluding hydrogens is 236 g/mol. The molecule has 0 unspecified atom stereocenters. The van der Waals surface area contributed by atoms with Crippen LogP contribution in [0.3, 0.4) is 0 Å². The molecule has 0 radical (unpaired) electrons. The van der Waals surface area contributed by atoms with E-state index in [1.54, 1.807) is 0 Å². The van der Waals surface area contributed by atoms with Crippen molar-refractivity contribution in [1.82, 2.24) is 14.9 Å². The second-order valence-electron chi connectivity index (χ2n) is 5.27. The first kappa shape index (κ1) is 12.6.